The van der Waals surface area contributed by atoms with E-state index >= 15 is 0 Å². The first-order chi connectivity index (χ1) is 10.9. The van der Waals surface area contributed by atoms with Crippen molar-refractivity contribution in [3.8, 4) is 0 Å². The fraction of sp³-hybridized carbons (Fsp3) is 0.588. The highest BCUT2D eigenvalue weighted by atomic mass is 79.9. The van der Waals surface area contributed by atoms with Crippen LogP contribution in [0.4, 0.5) is 4.39 Å². The van der Waals surface area contributed by atoms with Crippen LogP contribution in [0.3, 0.4) is 0 Å². The van der Waals surface area contributed by atoms with Gasteiger partial charge >= 0.3 is 5.97 Å². The van der Waals surface area contributed by atoms with Crippen molar-refractivity contribution in [2.45, 2.75) is 51.2 Å². The number of carboxylic acid groups (broad SMARTS) is 1. The fourth-order valence-electron chi connectivity index (χ4n) is 3.17. The van der Waals surface area contributed by atoms with E-state index in [-0.39, 0.29) is 18.4 Å². The first kappa shape index (κ1) is 18.4. The quantitative estimate of drug-likeness (QED) is 0.720. The van der Waals surface area contributed by atoms with Crippen molar-refractivity contribution in [3.63, 3.8) is 0 Å². The zero-order valence-electron chi connectivity index (χ0n) is 13.6. The summed E-state index contributed by atoms with van der Waals surface area (Å²) in [6.45, 7) is 5.00. The third-order valence-electron chi connectivity index (χ3n) is 4.44. The molecule has 1 saturated carbocycles. The summed E-state index contributed by atoms with van der Waals surface area (Å²) < 4.78 is 13.9. The lowest BCUT2D eigenvalue weighted by Crippen LogP contribution is -2.55. The average Bonchev–Trinajstić information content (AvgIpc) is 2.43. The molecule has 0 heterocycles. The molecule has 23 heavy (non-hydrogen) atoms. The van der Waals surface area contributed by atoms with Crippen molar-refractivity contribution in [3.05, 3.63) is 34.1 Å². The lowest BCUT2D eigenvalue weighted by molar-refractivity contribution is -0.139. The highest BCUT2D eigenvalue weighted by Crippen LogP contribution is 2.27. The van der Waals surface area contributed by atoms with Crippen LogP contribution in [0.15, 0.2) is 22.7 Å². The molecule has 0 amide bonds. The van der Waals surface area contributed by atoms with E-state index in [1.54, 1.807) is 0 Å². The van der Waals surface area contributed by atoms with Crippen LogP contribution in [0, 0.1) is 5.82 Å². The topological polar surface area (TPSA) is 52.6 Å². The Morgan fingerprint density at radius 2 is 2.22 bits per heavy atom. The molecule has 2 rings (SSSR count). The van der Waals surface area contributed by atoms with Crippen molar-refractivity contribution < 1.29 is 14.3 Å². The van der Waals surface area contributed by atoms with Crippen LogP contribution >= 0.6 is 15.9 Å². The minimum absolute atomic E-state index is 0.117. The minimum Gasteiger partial charge on any atom is -0.480 e. The Labute approximate surface area is 145 Å². The molecule has 0 bridgehead atoms. The molecule has 1 aromatic carbocycles. The zero-order chi connectivity index (χ0) is 17.0. The summed E-state index contributed by atoms with van der Waals surface area (Å²) in [4.78, 5) is 12.9. The van der Waals surface area contributed by atoms with Crippen LogP contribution < -0.4 is 5.32 Å². The summed E-state index contributed by atoms with van der Waals surface area (Å²) in [6, 6.07) is 5.86. The zero-order valence-corrected chi connectivity index (χ0v) is 15.1. The molecule has 0 spiro atoms. The van der Waals surface area contributed by atoms with Crippen LogP contribution in [-0.4, -0.2) is 47.2 Å². The normalized spacial score (nSPS) is 22.0. The van der Waals surface area contributed by atoms with Gasteiger partial charge in [-0.1, -0.05) is 28.9 Å². The second-order valence-electron chi connectivity index (χ2n) is 6.29. The average molecular weight is 387 g/mol. The number of hydrogen-bond donors (Lipinski definition) is 2. The van der Waals surface area contributed by atoms with Gasteiger partial charge in [0.25, 0.3) is 0 Å². The molecule has 0 aromatic heterocycles. The van der Waals surface area contributed by atoms with Gasteiger partial charge in [-0.2, -0.15) is 0 Å². The van der Waals surface area contributed by atoms with Crippen LogP contribution in [0.1, 0.15) is 32.3 Å². The van der Waals surface area contributed by atoms with Crippen molar-refractivity contribution >= 4 is 21.9 Å². The molecule has 0 radical (unpaired) electrons. The highest BCUT2D eigenvalue weighted by molar-refractivity contribution is 9.10. The van der Waals surface area contributed by atoms with Crippen molar-refractivity contribution in [1.82, 2.24) is 10.2 Å². The molecule has 4 nitrogen and oxygen atoms in total. The summed E-state index contributed by atoms with van der Waals surface area (Å²) >= 11 is 3.40. The van der Waals surface area contributed by atoms with E-state index in [9.17, 15) is 9.18 Å². The molecule has 1 aliphatic carbocycles. The number of aliphatic carboxylic acids is 1. The number of likely N-dealkylation sites (N-methyl/N-ethyl adjacent to an activating group) is 1. The summed E-state index contributed by atoms with van der Waals surface area (Å²) in [5, 5.41) is 12.5. The van der Waals surface area contributed by atoms with Crippen molar-refractivity contribution in [1.29, 1.82) is 0 Å². The van der Waals surface area contributed by atoms with E-state index in [1.165, 1.54) is 12.1 Å². The van der Waals surface area contributed by atoms with E-state index in [4.69, 9.17) is 5.11 Å². The van der Waals surface area contributed by atoms with Gasteiger partial charge in [-0.3, -0.25) is 9.69 Å². The largest absolute Gasteiger partial charge is 0.480 e. The maximum absolute atomic E-state index is 13.1. The van der Waals surface area contributed by atoms with E-state index in [2.05, 4.69) is 28.2 Å². The Morgan fingerprint density at radius 1 is 1.52 bits per heavy atom. The fourth-order valence-corrected chi connectivity index (χ4v) is 3.69. The summed E-state index contributed by atoms with van der Waals surface area (Å²) in [5.41, 5.74) is 1.09. The number of nitrogens with one attached hydrogen (secondary N) is 1. The maximum Gasteiger partial charge on any atom is 0.317 e. The van der Waals surface area contributed by atoms with Crippen LogP contribution in [-0.2, 0) is 11.2 Å². The highest BCUT2D eigenvalue weighted by Gasteiger charge is 2.34. The third-order valence-corrected chi connectivity index (χ3v) is 5.17. The summed E-state index contributed by atoms with van der Waals surface area (Å²) in [5.74, 6) is -1.00. The van der Waals surface area contributed by atoms with Gasteiger partial charge in [0.2, 0.25) is 0 Å². The molecule has 0 saturated heterocycles. The lowest BCUT2D eigenvalue weighted by atomic mass is 9.84. The number of rotatable bonds is 8. The Balaban J connectivity index is 1.77. The Bertz CT molecular complexity index is 549. The molecule has 0 aliphatic heterocycles. The summed E-state index contributed by atoms with van der Waals surface area (Å²) in [7, 11) is 0. The number of nitrogens with zero attached hydrogens (tertiary/aromatic N) is 1. The standard InChI is InChI=1S/C17H24BrFN2O2/c1-3-21(10-17(22)23)15-8-14(9-15)20-11(2)6-12-4-5-13(19)7-16(12)18/h4-5,7,11,14-15,20H,3,6,8-10H2,1-2H3,(H,22,23). The first-order valence-electron chi connectivity index (χ1n) is 8.04. The van der Waals surface area contributed by atoms with E-state index in [0.29, 0.717) is 12.1 Å². The van der Waals surface area contributed by atoms with Gasteiger partial charge in [-0.05, 0) is 50.4 Å². The molecule has 1 aromatic rings. The van der Waals surface area contributed by atoms with Gasteiger partial charge < -0.3 is 10.4 Å². The number of carboxylic acids is 1. The van der Waals surface area contributed by atoms with Gasteiger partial charge in [0, 0.05) is 22.6 Å². The maximum atomic E-state index is 13.1. The van der Waals surface area contributed by atoms with E-state index in [1.807, 2.05) is 17.9 Å². The predicted molar refractivity (Wildman–Crippen MR) is 92.1 cm³/mol. The predicted octanol–water partition coefficient (Wildman–Crippen LogP) is 3.05. The second kappa shape index (κ2) is 8.22. The number of hydrogen-bond acceptors (Lipinski definition) is 3. The molecule has 1 aliphatic rings. The molecular weight excluding hydrogens is 363 g/mol. The number of halogens is 2. The first-order valence-corrected chi connectivity index (χ1v) is 8.84. The monoisotopic (exact) mass is 386 g/mol. The molecule has 1 fully saturated rings. The Hall–Kier alpha value is -0.980. The molecule has 1 unspecified atom stereocenters. The molecule has 128 valence electrons. The Morgan fingerprint density at radius 3 is 2.78 bits per heavy atom. The van der Waals surface area contributed by atoms with Crippen molar-refractivity contribution in [2.24, 2.45) is 0 Å². The van der Waals surface area contributed by atoms with E-state index in [0.717, 1.165) is 35.8 Å². The third kappa shape index (κ3) is 5.26. The van der Waals surface area contributed by atoms with Crippen LogP contribution in [0.25, 0.3) is 0 Å². The number of benzene rings is 1. The van der Waals surface area contributed by atoms with Gasteiger partial charge in [0.15, 0.2) is 0 Å². The van der Waals surface area contributed by atoms with E-state index < -0.39 is 5.97 Å². The summed E-state index contributed by atoms with van der Waals surface area (Å²) in [6.07, 6.45) is 2.79. The Kier molecular flexibility index (Phi) is 6.56. The molecule has 6 heteroatoms. The molecular formula is C17H24BrFN2O2. The molecule has 1 atom stereocenters. The minimum atomic E-state index is -0.766. The van der Waals surface area contributed by atoms with Crippen LogP contribution in [0.5, 0.6) is 0 Å². The SMILES string of the molecule is CCN(CC(=O)O)C1CC(NC(C)Cc2ccc(F)cc2Br)C1. The van der Waals surface area contributed by atoms with Gasteiger partial charge in [0.1, 0.15) is 5.82 Å². The smallest absolute Gasteiger partial charge is 0.317 e. The van der Waals surface area contributed by atoms with Crippen molar-refractivity contribution in [2.75, 3.05) is 13.1 Å². The van der Waals surface area contributed by atoms with Gasteiger partial charge in [0.05, 0.1) is 6.54 Å². The lowest BCUT2D eigenvalue weighted by Gasteiger charge is -2.43. The van der Waals surface area contributed by atoms with Gasteiger partial charge in [-0.25, -0.2) is 4.39 Å². The number of carbonyl (C=O) groups is 1. The second-order valence-corrected chi connectivity index (χ2v) is 7.14. The molecule has 2 N–H and O–H groups in total. The van der Waals surface area contributed by atoms with Crippen LogP contribution in [0.2, 0.25) is 0 Å². The van der Waals surface area contributed by atoms with Gasteiger partial charge in [-0.15, -0.1) is 0 Å².